The Kier molecular flexibility index (Phi) is 4.44. The Hall–Kier alpha value is -1.81. The summed E-state index contributed by atoms with van der Waals surface area (Å²) in [6.45, 7) is 3.16. The van der Waals surface area contributed by atoms with Gasteiger partial charge in [0.25, 0.3) is 0 Å². The van der Waals surface area contributed by atoms with Crippen molar-refractivity contribution in [3.8, 4) is 0 Å². The van der Waals surface area contributed by atoms with Crippen LogP contribution in [0.25, 0.3) is 21.8 Å². The number of para-hydroxylation sites is 1. The molecule has 0 amide bonds. The number of hydrogen-bond donors (Lipinski definition) is 1. The third-order valence-electron chi connectivity index (χ3n) is 4.32. The Balaban J connectivity index is 0.00000156. The van der Waals surface area contributed by atoms with E-state index >= 15 is 0 Å². The molecule has 118 valence electrons. The van der Waals surface area contributed by atoms with Gasteiger partial charge in [0.05, 0.1) is 6.04 Å². The van der Waals surface area contributed by atoms with Gasteiger partial charge in [0.2, 0.25) is 0 Å². The van der Waals surface area contributed by atoms with Crippen molar-refractivity contribution in [3.05, 3.63) is 70.4 Å². The molecule has 2 nitrogen and oxygen atoms in total. The topological polar surface area (TPSA) is 30.9 Å². The van der Waals surface area contributed by atoms with Crippen LogP contribution in [0.5, 0.6) is 0 Å². The van der Waals surface area contributed by atoms with E-state index in [1.807, 2.05) is 0 Å². The number of halogens is 1. The molecular weight excluding hydrogens is 324 g/mol. The van der Waals surface area contributed by atoms with Crippen LogP contribution in [0, 0.1) is 0 Å². The van der Waals surface area contributed by atoms with Crippen molar-refractivity contribution in [2.45, 2.75) is 19.5 Å². The smallest absolute Gasteiger partial charge is 0.0646 e. The Labute approximate surface area is 145 Å². The van der Waals surface area contributed by atoms with Crippen LogP contribution in [0.2, 0.25) is 0 Å². The molecule has 0 saturated heterocycles. The number of benzene rings is 2. The van der Waals surface area contributed by atoms with Crippen LogP contribution in [0.3, 0.4) is 0 Å². The van der Waals surface area contributed by atoms with Gasteiger partial charge in [-0.15, -0.1) is 23.7 Å². The van der Waals surface area contributed by atoms with Crippen LogP contribution < -0.4 is 5.73 Å². The second-order valence-corrected chi connectivity index (χ2v) is 6.51. The van der Waals surface area contributed by atoms with Gasteiger partial charge < -0.3 is 10.3 Å². The summed E-state index contributed by atoms with van der Waals surface area (Å²) >= 11 is 1.71. The van der Waals surface area contributed by atoms with Gasteiger partial charge in [0.15, 0.2) is 0 Å². The summed E-state index contributed by atoms with van der Waals surface area (Å²) in [6.07, 6.45) is 0. The molecule has 4 aromatic rings. The molecule has 4 rings (SSSR count). The van der Waals surface area contributed by atoms with Crippen molar-refractivity contribution in [1.29, 1.82) is 0 Å². The minimum atomic E-state index is -0.0480. The highest BCUT2D eigenvalue weighted by atomic mass is 35.5. The molecule has 0 aliphatic carbocycles. The fraction of sp³-hybridized carbons (Fsp3) is 0.158. The Morgan fingerprint density at radius 3 is 2.52 bits per heavy atom. The highest BCUT2D eigenvalue weighted by Crippen LogP contribution is 2.32. The van der Waals surface area contributed by atoms with Crippen molar-refractivity contribution < 1.29 is 0 Å². The summed E-state index contributed by atoms with van der Waals surface area (Å²) in [5, 5.41) is 4.68. The van der Waals surface area contributed by atoms with Crippen molar-refractivity contribution in [1.82, 2.24) is 4.57 Å². The van der Waals surface area contributed by atoms with Crippen molar-refractivity contribution in [3.63, 3.8) is 0 Å². The number of nitrogens with zero attached hydrogens (tertiary/aromatic N) is 1. The lowest BCUT2D eigenvalue weighted by Gasteiger charge is -2.11. The first-order valence-electron chi connectivity index (χ1n) is 7.59. The summed E-state index contributed by atoms with van der Waals surface area (Å²) in [5.74, 6) is 0. The Morgan fingerprint density at radius 2 is 1.78 bits per heavy atom. The molecular formula is C19H19ClN2S. The monoisotopic (exact) mass is 342 g/mol. The zero-order valence-electron chi connectivity index (χ0n) is 12.9. The van der Waals surface area contributed by atoms with Gasteiger partial charge >= 0.3 is 0 Å². The summed E-state index contributed by atoms with van der Waals surface area (Å²) in [4.78, 5) is 1.21. The Morgan fingerprint density at radius 1 is 1.00 bits per heavy atom. The normalized spacial score (nSPS) is 12.4. The van der Waals surface area contributed by atoms with Gasteiger partial charge in [0.1, 0.15) is 0 Å². The molecule has 2 N–H and O–H groups in total. The highest BCUT2D eigenvalue weighted by Gasteiger charge is 2.14. The maximum absolute atomic E-state index is 6.44. The largest absolute Gasteiger partial charge is 0.341 e. The number of aromatic nitrogens is 1. The number of rotatable bonds is 3. The summed E-state index contributed by atoms with van der Waals surface area (Å²) in [7, 11) is 0. The molecule has 0 bridgehead atoms. The fourth-order valence-electron chi connectivity index (χ4n) is 3.24. The molecule has 23 heavy (non-hydrogen) atoms. The maximum atomic E-state index is 6.44. The quantitative estimate of drug-likeness (QED) is 0.535. The predicted molar refractivity (Wildman–Crippen MR) is 103 cm³/mol. The first kappa shape index (κ1) is 16.1. The number of hydrogen-bond acceptors (Lipinski definition) is 2. The van der Waals surface area contributed by atoms with E-state index in [2.05, 4.69) is 71.5 Å². The number of nitrogens with two attached hydrogens (primary N) is 1. The van der Waals surface area contributed by atoms with E-state index in [1.54, 1.807) is 11.3 Å². The molecule has 0 aliphatic heterocycles. The van der Waals surface area contributed by atoms with E-state index in [0.29, 0.717) is 0 Å². The molecule has 0 fully saturated rings. The molecule has 0 radical (unpaired) electrons. The van der Waals surface area contributed by atoms with Gasteiger partial charge in [-0.1, -0.05) is 30.3 Å². The molecule has 2 aromatic carbocycles. The summed E-state index contributed by atoms with van der Waals surface area (Å²) < 4.78 is 2.37. The van der Waals surface area contributed by atoms with Crippen molar-refractivity contribution in [2.24, 2.45) is 5.73 Å². The lowest BCUT2D eigenvalue weighted by atomic mass is 10.0. The number of aryl methyl sites for hydroxylation is 1. The molecule has 1 atom stereocenters. The lowest BCUT2D eigenvalue weighted by Crippen LogP contribution is -2.09. The molecule has 0 saturated carbocycles. The van der Waals surface area contributed by atoms with Gasteiger partial charge in [-0.2, -0.15) is 0 Å². The third kappa shape index (κ3) is 2.55. The van der Waals surface area contributed by atoms with Gasteiger partial charge in [-0.05, 0) is 42.1 Å². The number of thiophene rings is 1. The zero-order valence-corrected chi connectivity index (χ0v) is 14.5. The van der Waals surface area contributed by atoms with Crippen LogP contribution in [0.1, 0.15) is 23.4 Å². The predicted octanol–water partition coefficient (Wildman–Crippen LogP) is 5.35. The SMILES string of the molecule is CCn1c2ccccc2c2cc([C@@H](N)c3cccs3)ccc21.Cl. The minimum absolute atomic E-state index is 0. The molecule has 4 heteroatoms. The van der Waals surface area contributed by atoms with Crippen molar-refractivity contribution >= 4 is 45.5 Å². The summed E-state index contributed by atoms with van der Waals surface area (Å²) in [6, 6.07) is 19.3. The lowest BCUT2D eigenvalue weighted by molar-refractivity contribution is 0.826. The van der Waals surface area contributed by atoms with Crippen LogP contribution in [-0.4, -0.2) is 4.57 Å². The standard InChI is InChI=1S/C19H18N2S.ClH/c1-2-21-16-7-4-3-6-14(16)15-12-13(9-10-17(15)21)19(20)18-8-5-11-22-18;/h3-12,19H,2,20H2,1H3;1H/t19-;/m1./s1. The number of fused-ring (bicyclic) bond motifs is 3. The van der Waals surface area contributed by atoms with E-state index in [1.165, 1.54) is 32.2 Å². The molecule has 2 aromatic heterocycles. The molecule has 0 spiro atoms. The zero-order chi connectivity index (χ0) is 15.1. The average Bonchev–Trinajstić information content (AvgIpc) is 3.20. The first-order valence-corrected chi connectivity index (χ1v) is 8.47. The van der Waals surface area contributed by atoms with E-state index in [0.717, 1.165) is 6.54 Å². The second-order valence-electron chi connectivity index (χ2n) is 5.53. The van der Waals surface area contributed by atoms with Crippen LogP contribution >= 0.6 is 23.7 Å². The van der Waals surface area contributed by atoms with Gasteiger partial charge in [-0.25, -0.2) is 0 Å². The van der Waals surface area contributed by atoms with Crippen LogP contribution in [-0.2, 0) is 6.54 Å². The van der Waals surface area contributed by atoms with E-state index in [9.17, 15) is 0 Å². The fourth-order valence-corrected chi connectivity index (χ4v) is 3.99. The van der Waals surface area contributed by atoms with Crippen molar-refractivity contribution in [2.75, 3.05) is 0 Å². The molecule has 0 unspecified atom stereocenters. The Bertz CT molecular complexity index is 941. The van der Waals surface area contributed by atoms with Gasteiger partial charge in [0, 0.05) is 33.2 Å². The van der Waals surface area contributed by atoms with E-state index in [-0.39, 0.29) is 18.4 Å². The first-order chi connectivity index (χ1) is 10.8. The van der Waals surface area contributed by atoms with E-state index in [4.69, 9.17) is 5.73 Å². The highest BCUT2D eigenvalue weighted by molar-refractivity contribution is 7.10. The summed E-state index contributed by atoms with van der Waals surface area (Å²) in [5.41, 5.74) is 10.2. The molecule has 0 aliphatic rings. The average molecular weight is 343 g/mol. The van der Waals surface area contributed by atoms with Crippen LogP contribution in [0.4, 0.5) is 0 Å². The molecule has 2 heterocycles. The van der Waals surface area contributed by atoms with Crippen LogP contribution in [0.15, 0.2) is 60.0 Å². The maximum Gasteiger partial charge on any atom is 0.0646 e. The second kappa shape index (κ2) is 6.36. The van der Waals surface area contributed by atoms with Gasteiger partial charge in [-0.3, -0.25) is 0 Å². The third-order valence-corrected chi connectivity index (χ3v) is 5.28. The minimum Gasteiger partial charge on any atom is -0.341 e. The van der Waals surface area contributed by atoms with E-state index < -0.39 is 0 Å².